The van der Waals surface area contributed by atoms with Gasteiger partial charge < -0.3 is 15.7 Å². The maximum atomic E-state index is 12.0. The molecular formula is C15H25N3O5. The molecule has 0 aromatic carbocycles. The highest BCUT2D eigenvalue weighted by molar-refractivity contribution is 6.06. The number of rotatable bonds is 9. The van der Waals surface area contributed by atoms with Crippen molar-refractivity contribution in [3.05, 3.63) is 0 Å². The molecule has 1 atom stereocenters. The molecule has 1 heterocycles. The van der Waals surface area contributed by atoms with Gasteiger partial charge in [-0.25, -0.2) is 9.59 Å². The number of imide groups is 1. The predicted molar refractivity (Wildman–Crippen MR) is 82.6 cm³/mol. The molecule has 0 bridgehead atoms. The van der Waals surface area contributed by atoms with Crippen LogP contribution in [-0.4, -0.2) is 51.9 Å². The number of urea groups is 1. The zero-order valence-electron chi connectivity index (χ0n) is 13.8. The van der Waals surface area contributed by atoms with E-state index in [2.05, 4.69) is 10.6 Å². The summed E-state index contributed by atoms with van der Waals surface area (Å²) in [6, 6.07) is -1.36. The van der Waals surface area contributed by atoms with Crippen LogP contribution in [0.25, 0.3) is 0 Å². The van der Waals surface area contributed by atoms with Crippen molar-refractivity contribution in [3.8, 4) is 0 Å². The number of carbonyl (C=O) groups excluding carboxylic acids is 3. The lowest BCUT2D eigenvalue weighted by atomic mass is 10.1. The Labute approximate surface area is 135 Å². The molecule has 23 heavy (non-hydrogen) atoms. The van der Waals surface area contributed by atoms with Crippen molar-refractivity contribution < 1.29 is 24.3 Å². The monoisotopic (exact) mass is 327 g/mol. The number of hydrogen-bond acceptors (Lipinski definition) is 4. The number of nitrogens with zero attached hydrogens (tertiary/aromatic N) is 1. The van der Waals surface area contributed by atoms with Gasteiger partial charge in [0, 0.05) is 13.0 Å². The number of carbonyl (C=O) groups is 4. The summed E-state index contributed by atoms with van der Waals surface area (Å²) >= 11 is 0. The lowest BCUT2D eigenvalue weighted by molar-refractivity contribution is -0.142. The van der Waals surface area contributed by atoms with Crippen LogP contribution in [0.1, 0.15) is 52.9 Å². The van der Waals surface area contributed by atoms with Crippen molar-refractivity contribution in [2.24, 2.45) is 0 Å². The normalized spacial score (nSPS) is 17.8. The summed E-state index contributed by atoms with van der Waals surface area (Å²) in [6.45, 7) is 5.31. The van der Waals surface area contributed by atoms with Gasteiger partial charge in [0.05, 0.1) is 0 Å². The molecule has 0 aromatic rings. The van der Waals surface area contributed by atoms with Gasteiger partial charge in [0.2, 0.25) is 5.91 Å². The summed E-state index contributed by atoms with van der Waals surface area (Å²) in [5.74, 6) is -1.77. The third-order valence-electron chi connectivity index (χ3n) is 3.71. The fourth-order valence-corrected chi connectivity index (χ4v) is 2.35. The first-order chi connectivity index (χ1) is 10.7. The minimum Gasteiger partial charge on any atom is -0.480 e. The van der Waals surface area contributed by atoms with E-state index in [1.165, 1.54) is 0 Å². The maximum Gasteiger partial charge on any atom is 0.326 e. The highest BCUT2D eigenvalue weighted by atomic mass is 16.4. The quantitative estimate of drug-likeness (QED) is 0.543. The Morgan fingerprint density at radius 1 is 1.30 bits per heavy atom. The van der Waals surface area contributed by atoms with Crippen LogP contribution < -0.4 is 10.6 Å². The molecule has 1 aliphatic rings. The van der Waals surface area contributed by atoms with Crippen LogP contribution in [0.3, 0.4) is 0 Å². The number of hydrogen-bond donors (Lipinski definition) is 3. The molecule has 8 nitrogen and oxygen atoms in total. The lowest BCUT2D eigenvalue weighted by Crippen LogP contribution is -2.41. The molecular weight excluding hydrogens is 302 g/mol. The van der Waals surface area contributed by atoms with Gasteiger partial charge in [-0.1, -0.05) is 19.8 Å². The first kappa shape index (κ1) is 18.9. The fourth-order valence-electron chi connectivity index (χ4n) is 2.35. The van der Waals surface area contributed by atoms with Crippen LogP contribution in [0.15, 0.2) is 0 Å². The van der Waals surface area contributed by atoms with Gasteiger partial charge in [0.25, 0.3) is 5.91 Å². The lowest BCUT2D eigenvalue weighted by Gasteiger charge is -2.16. The van der Waals surface area contributed by atoms with E-state index in [9.17, 15) is 19.2 Å². The summed E-state index contributed by atoms with van der Waals surface area (Å²) in [5.41, 5.74) is -0.923. The Morgan fingerprint density at radius 2 is 1.96 bits per heavy atom. The third kappa shape index (κ3) is 5.22. The van der Waals surface area contributed by atoms with E-state index in [0.29, 0.717) is 12.8 Å². The number of amides is 4. The number of aliphatic carboxylic acids is 1. The second kappa shape index (κ2) is 7.94. The summed E-state index contributed by atoms with van der Waals surface area (Å²) in [5, 5.41) is 14.1. The average molecular weight is 327 g/mol. The molecule has 1 rings (SSSR count). The van der Waals surface area contributed by atoms with Gasteiger partial charge >= 0.3 is 12.0 Å². The molecule has 0 spiro atoms. The zero-order valence-corrected chi connectivity index (χ0v) is 13.8. The van der Waals surface area contributed by atoms with E-state index in [0.717, 1.165) is 17.7 Å². The molecule has 0 aromatic heterocycles. The second-order valence-corrected chi connectivity index (χ2v) is 6.22. The number of nitrogens with one attached hydrogen (secondary N) is 2. The standard InChI is InChI=1S/C15H25N3O5/c1-4-5-7-10(12(20)21)16-11(19)8-6-9-18-13(22)15(2,3)17-14(18)23/h10H,4-9H2,1-3H3,(H,16,19)(H,17,23)(H,20,21)/t10-/m0/s1. The molecule has 0 aliphatic carbocycles. The Kier molecular flexibility index (Phi) is 6.53. The first-order valence-electron chi connectivity index (χ1n) is 7.85. The van der Waals surface area contributed by atoms with Crippen LogP contribution in [0, 0.1) is 0 Å². The van der Waals surface area contributed by atoms with Gasteiger partial charge in [-0.15, -0.1) is 0 Å². The van der Waals surface area contributed by atoms with Crippen LogP contribution in [-0.2, 0) is 14.4 Å². The molecule has 0 saturated carbocycles. The van der Waals surface area contributed by atoms with Gasteiger partial charge in [0.1, 0.15) is 11.6 Å². The number of unbranched alkanes of at least 4 members (excludes halogenated alkanes) is 1. The van der Waals surface area contributed by atoms with E-state index in [1.54, 1.807) is 13.8 Å². The second-order valence-electron chi connectivity index (χ2n) is 6.22. The molecule has 0 unspecified atom stereocenters. The molecule has 3 N–H and O–H groups in total. The summed E-state index contributed by atoms with van der Waals surface area (Å²) < 4.78 is 0. The van der Waals surface area contributed by atoms with Crippen LogP contribution in [0.5, 0.6) is 0 Å². The molecule has 8 heteroatoms. The number of carboxylic acids is 1. The van der Waals surface area contributed by atoms with Crippen molar-refractivity contribution in [2.75, 3.05) is 6.54 Å². The van der Waals surface area contributed by atoms with Crippen molar-refractivity contribution in [1.82, 2.24) is 15.5 Å². The number of carboxylic acid groups (broad SMARTS) is 1. The van der Waals surface area contributed by atoms with Crippen LogP contribution in [0.4, 0.5) is 4.79 Å². The van der Waals surface area contributed by atoms with Crippen molar-refractivity contribution in [2.45, 2.75) is 64.5 Å². The Hall–Kier alpha value is -2.12. The summed E-state index contributed by atoms with van der Waals surface area (Å²) in [6.07, 6.45) is 2.31. The van der Waals surface area contributed by atoms with E-state index in [1.807, 2.05) is 6.92 Å². The minimum absolute atomic E-state index is 0.0629. The van der Waals surface area contributed by atoms with Crippen LogP contribution in [0.2, 0.25) is 0 Å². The highest BCUT2D eigenvalue weighted by Crippen LogP contribution is 2.17. The smallest absolute Gasteiger partial charge is 0.326 e. The van der Waals surface area contributed by atoms with E-state index in [4.69, 9.17) is 5.11 Å². The minimum atomic E-state index is -1.05. The Morgan fingerprint density at radius 3 is 2.43 bits per heavy atom. The fraction of sp³-hybridized carbons (Fsp3) is 0.733. The van der Waals surface area contributed by atoms with E-state index in [-0.39, 0.29) is 24.8 Å². The van der Waals surface area contributed by atoms with Crippen LogP contribution >= 0.6 is 0 Å². The summed E-state index contributed by atoms with van der Waals surface area (Å²) in [4.78, 5) is 47.6. The first-order valence-corrected chi connectivity index (χ1v) is 7.85. The predicted octanol–water partition coefficient (Wildman–Crippen LogP) is 0.857. The molecule has 130 valence electrons. The third-order valence-corrected chi connectivity index (χ3v) is 3.71. The largest absolute Gasteiger partial charge is 0.480 e. The highest BCUT2D eigenvalue weighted by Gasteiger charge is 2.43. The summed E-state index contributed by atoms with van der Waals surface area (Å²) in [7, 11) is 0. The molecule has 1 fully saturated rings. The molecule has 0 radical (unpaired) electrons. The Balaban J connectivity index is 2.40. The SMILES string of the molecule is CCCC[C@H](NC(=O)CCCN1C(=O)NC(C)(C)C1=O)C(=O)O. The van der Waals surface area contributed by atoms with Crippen molar-refractivity contribution in [1.29, 1.82) is 0 Å². The zero-order chi connectivity index (χ0) is 17.6. The van der Waals surface area contributed by atoms with Crippen molar-refractivity contribution >= 4 is 23.8 Å². The van der Waals surface area contributed by atoms with Gasteiger partial charge in [-0.3, -0.25) is 14.5 Å². The Bertz CT molecular complexity index is 490. The molecule has 1 saturated heterocycles. The molecule has 4 amide bonds. The topological polar surface area (TPSA) is 116 Å². The van der Waals surface area contributed by atoms with Gasteiger partial charge in [-0.2, -0.15) is 0 Å². The maximum absolute atomic E-state index is 12.0. The average Bonchev–Trinajstić information content (AvgIpc) is 2.64. The van der Waals surface area contributed by atoms with E-state index >= 15 is 0 Å². The van der Waals surface area contributed by atoms with Crippen molar-refractivity contribution in [3.63, 3.8) is 0 Å². The molecule has 1 aliphatic heterocycles. The van der Waals surface area contributed by atoms with Gasteiger partial charge in [0.15, 0.2) is 0 Å². The van der Waals surface area contributed by atoms with E-state index < -0.39 is 23.6 Å². The van der Waals surface area contributed by atoms with Gasteiger partial charge in [-0.05, 0) is 26.7 Å².